The van der Waals surface area contributed by atoms with Gasteiger partial charge in [0.1, 0.15) is 0 Å². The number of thiazole rings is 1. The van der Waals surface area contributed by atoms with Gasteiger partial charge >= 0.3 is 5.69 Å². The molecule has 0 spiro atoms. The van der Waals surface area contributed by atoms with E-state index in [1.54, 1.807) is 13.0 Å². The van der Waals surface area contributed by atoms with Gasteiger partial charge in [0.2, 0.25) is 5.82 Å². The molecule has 0 aliphatic heterocycles. The Hall–Kier alpha value is -2.06. The van der Waals surface area contributed by atoms with Crippen LogP contribution in [0.15, 0.2) is 17.6 Å². The number of aryl methyl sites for hydroxylation is 1. The first kappa shape index (κ1) is 16.3. The van der Waals surface area contributed by atoms with E-state index in [1.807, 2.05) is 19.2 Å². The lowest BCUT2D eigenvalue weighted by molar-refractivity contribution is -0.384. The maximum absolute atomic E-state index is 11.2. The summed E-state index contributed by atoms with van der Waals surface area (Å²) in [6.07, 6.45) is 1.50. The number of pyridine rings is 1. The molecule has 22 heavy (non-hydrogen) atoms. The quantitative estimate of drug-likeness (QED) is 0.626. The Morgan fingerprint density at radius 2 is 2.23 bits per heavy atom. The highest BCUT2D eigenvalue weighted by atomic mass is 32.1. The SMILES string of the molecule is Cc1ccnc(NC(CO)c2csc(C(C)C)n2)c1[N+](=O)[O-]. The molecule has 0 bridgehead atoms. The Bertz CT molecular complexity index is 672. The second-order valence-electron chi connectivity index (χ2n) is 5.23. The number of aromatic nitrogens is 2. The van der Waals surface area contributed by atoms with Crippen LogP contribution in [0.3, 0.4) is 0 Å². The zero-order valence-corrected chi connectivity index (χ0v) is 13.4. The molecule has 7 nitrogen and oxygen atoms in total. The molecule has 118 valence electrons. The molecule has 0 radical (unpaired) electrons. The fourth-order valence-electron chi connectivity index (χ4n) is 1.99. The lowest BCUT2D eigenvalue weighted by Crippen LogP contribution is -2.17. The van der Waals surface area contributed by atoms with Crippen molar-refractivity contribution in [3.05, 3.63) is 44.0 Å². The van der Waals surface area contributed by atoms with Gasteiger partial charge in [-0.2, -0.15) is 0 Å². The molecular weight excluding hydrogens is 304 g/mol. The molecule has 1 atom stereocenters. The summed E-state index contributed by atoms with van der Waals surface area (Å²) in [6, 6.07) is 1.05. The van der Waals surface area contributed by atoms with E-state index in [4.69, 9.17) is 0 Å². The molecule has 1 unspecified atom stereocenters. The largest absolute Gasteiger partial charge is 0.394 e. The molecule has 2 rings (SSSR count). The number of aliphatic hydroxyl groups excluding tert-OH is 1. The highest BCUT2D eigenvalue weighted by molar-refractivity contribution is 7.09. The van der Waals surface area contributed by atoms with Crippen molar-refractivity contribution < 1.29 is 10.0 Å². The average molecular weight is 322 g/mol. The van der Waals surface area contributed by atoms with Gasteiger partial charge in [-0.15, -0.1) is 11.3 Å². The smallest absolute Gasteiger partial charge is 0.314 e. The summed E-state index contributed by atoms with van der Waals surface area (Å²) in [5, 5.41) is 26.5. The minimum absolute atomic E-state index is 0.0831. The maximum Gasteiger partial charge on any atom is 0.314 e. The van der Waals surface area contributed by atoms with E-state index >= 15 is 0 Å². The molecule has 0 aliphatic rings. The average Bonchev–Trinajstić information content (AvgIpc) is 2.94. The number of hydrogen-bond acceptors (Lipinski definition) is 7. The van der Waals surface area contributed by atoms with Crippen LogP contribution >= 0.6 is 11.3 Å². The minimum atomic E-state index is -0.531. The number of aliphatic hydroxyl groups is 1. The Morgan fingerprint density at radius 3 is 2.77 bits per heavy atom. The Labute approximate surface area is 132 Å². The van der Waals surface area contributed by atoms with Crippen molar-refractivity contribution in [1.82, 2.24) is 9.97 Å². The van der Waals surface area contributed by atoms with E-state index in [9.17, 15) is 15.2 Å². The standard InChI is InChI=1S/C14H18N4O3S/c1-8(2)14-17-11(7-22-14)10(6-19)16-13-12(18(20)21)9(3)4-5-15-13/h4-5,7-8,10,19H,6H2,1-3H3,(H,15,16). The summed E-state index contributed by atoms with van der Waals surface area (Å²) in [5.74, 6) is 0.438. The summed E-state index contributed by atoms with van der Waals surface area (Å²) in [5.41, 5.74) is 1.09. The van der Waals surface area contributed by atoms with Gasteiger partial charge in [0.05, 0.1) is 28.3 Å². The van der Waals surface area contributed by atoms with Crippen molar-refractivity contribution in [3.8, 4) is 0 Å². The van der Waals surface area contributed by atoms with Gasteiger partial charge in [-0.1, -0.05) is 13.8 Å². The van der Waals surface area contributed by atoms with Crippen LogP contribution in [-0.4, -0.2) is 26.6 Å². The third-order valence-corrected chi connectivity index (χ3v) is 4.36. The van der Waals surface area contributed by atoms with Gasteiger partial charge in [-0.05, 0) is 13.0 Å². The lowest BCUT2D eigenvalue weighted by Gasteiger charge is -2.15. The first-order chi connectivity index (χ1) is 10.4. The van der Waals surface area contributed by atoms with Crippen LogP contribution in [0.2, 0.25) is 0 Å². The second-order valence-corrected chi connectivity index (χ2v) is 6.12. The molecule has 8 heteroatoms. The van der Waals surface area contributed by atoms with Crippen molar-refractivity contribution >= 4 is 22.8 Å². The van der Waals surface area contributed by atoms with Crippen molar-refractivity contribution in [2.75, 3.05) is 11.9 Å². The summed E-state index contributed by atoms with van der Waals surface area (Å²) in [7, 11) is 0. The van der Waals surface area contributed by atoms with Crippen molar-refractivity contribution in [2.24, 2.45) is 0 Å². The van der Waals surface area contributed by atoms with Crippen LogP contribution in [0.5, 0.6) is 0 Å². The zero-order valence-electron chi connectivity index (χ0n) is 12.6. The van der Waals surface area contributed by atoms with Crippen LogP contribution in [0, 0.1) is 17.0 Å². The van der Waals surface area contributed by atoms with Crippen LogP contribution < -0.4 is 5.32 Å². The van der Waals surface area contributed by atoms with Gasteiger partial charge in [0.15, 0.2) is 0 Å². The van der Waals surface area contributed by atoms with Gasteiger partial charge < -0.3 is 10.4 Å². The summed E-state index contributed by atoms with van der Waals surface area (Å²) < 4.78 is 0. The van der Waals surface area contributed by atoms with Crippen LogP contribution in [0.25, 0.3) is 0 Å². The van der Waals surface area contributed by atoms with Crippen LogP contribution in [0.1, 0.15) is 42.1 Å². The van der Waals surface area contributed by atoms with Crippen molar-refractivity contribution in [2.45, 2.75) is 32.7 Å². The lowest BCUT2D eigenvalue weighted by atomic mass is 10.2. The predicted octanol–water partition coefficient (Wildman–Crippen LogP) is 3.02. The molecule has 0 fully saturated rings. The number of nitrogens with one attached hydrogen (secondary N) is 1. The highest BCUT2D eigenvalue weighted by Crippen LogP contribution is 2.30. The molecule has 2 N–H and O–H groups in total. The first-order valence-corrected chi connectivity index (χ1v) is 7.74. The van der Waals surface area contributed by atoms with E-state index < -0.39 is 11.0 Å². The van der Waals surface area contributed by atoms with Crippen molar-refractivity contribution in [3.63, 3.8) is 0 Å². The third kappa shape index (κ3) is 3.40. The maximum atomic E-state index is 11.2. The van der Waals surface area contributed by atoms with E-state index in [-0.39, 0.29) is 18.1 Å². The fourth-order valence-corrected chi connectivity index (χ4v) is 2.88. The highest BCUT2D eigenvalue weighted by Gasteiger charge is 2.23. The summed E-state index contributed by atoms with van der Waals surface area (Å²) >= 11 is 1.51. The van der Waals surface area contributed by atoms with Crippen LogP contribution in [-0.2, 0) is 0 Å². The predicted molar refractivity (Wildman–Crippen MR) is 85.3 cm³/mol. The first-order valence-electron chi connectivity index (χ1n) is 6.86. The number of anilines is 1. The topological polar surface area (TPSA) is 101 Å². The molecule has 2 heterocycles. The Kier molecular flexibility index (Phi) is 5.04. The number of nitro groups is 1. The molecule has 2 aromatic heterocycles. The molecular formula is C14H18N4O3S. The number of nitrogens with zero attached hydrogens (tertiary/aromatic N) is 3. The van der Waals surface area contributed by atoms with Gasteiger partial charge in [0, 0.05) is 23.1 Å². The van der Waals surface area contributed by atoms with E-state index in [2.05, 4.69) is 15.3 Å². The summed E-state index contributed by atoms with van der Waals surface area (Å²) in [6.45, 7) is 5.50. The molecule has 2 aromatic rings. The van der Waals surface area contributed by atoms with E-state index in [0.717, 1.165) is 5.01 Å². The van der Waals surface area contributed by atoms with Gasteiger partial charge in [-0.25, -0.2) is 9.97 Å². The number of hydrogen-bond donors (Lipinski definition) is 2. The normalized spacial score (nSPS) is 12.4. The monoisotopic (exact) mass is 322 g/mol. The number of rotatable bonds is 6. The molecule has 0 aliphatic carbocycles. The molecule has 0 amide bonds. The Morgan fingerprint density at radius 1 is 1.50 bits per heavy atom. The fraction of sp³-hybridized carbons (Fsp3) is 0.429. The van der Waals surface area contributed by atoms with Gasteiger partial charge in [-0.3, -0.25) is 10.1 Å². The molecule has 0 aromatic carbocycles. The van der Waals surface area contributed by atoms with Crippen LogP contribution in [0.4, 0.5) is 11.5 Å². The molecule has 0 saturated heterocycles. The Balaban J connectivity index is 2.31. The minimum Gasteiger partial charge on any atom is -0.394 e. The zero-order chi connectivity index (χ0) is 16.3. The van der Waals surface area contributed by atoms with Gasteiger partial charge in [0.25, 0.3) is 0 Å². The molecule has 0 saturated carbocycles. The third-order valence-electron chi connectivity index (χ3n) is 3.19. The van der Waals surface area contributed by atoms with E-state index in [0.29, 0.717) is 17.2 Å². The van der Waals surface area contributed by atoms with Crippen molar-refractivity contribution in [1.29, 1.82) is 0 Å². The van der Waals surface area contributed by atoms with E-state index in [1.165, 1.54) is 17.5 Å². The second kappa shape index (κ2) is 6.80. The summed E-state index contributed by atoms with van der Waals surface area (Å²) in [4.78, 5) is 19.2.